The molecule has 0 fully saturated rings. The first kappa shape index (κ1) is 21.4. The van der Waals surface area contributed by atoms with Gasteiger partial charge in [0.2, 0.25) is 11.1 Å². The van der Waals surface area contributed by atoms with Gasteiger partial charge in [-0.2, -0.15) is 0 Å². The molecular formula is C24H20N4O3S2. The Morgan fingerprint density at radius 1 is 0.970 bits per heavy atom. The number of fused-ring (bicyclic) bond motifs is 2. The summed E-state index contributed by atoms with van der Waals surface area (Å²) < 4.78 is 10.7. The fraction of sp³-hybridized carbons (Fsp3) is 0.125. The number of nitrogens with one attached hydrogen (secondary N) is 1. The average molecular weight is 477 g/mol. The van der Waals surface area contributed by atoms with Crippen LogP contribution in [0.15, 0.2) is 81.7 Å². The van der Waals surface area contributed by atoms with E-state index in [-0.39, 0.29) is 11.7 Å². The van der Waals surface area contributed by atoms with Gasteiger partial charge in [-0.1, -0.05) is 47.8 Å². The maximum absolute atomic E-state index is 13.3. The van der Waals surface area contributed by atoms with Crippen molar-refractivity contribution in [2.24, 2.45) is 0 Å². The van der Waals surface area contributed by atoms with Gasteiger partial charge < -0.3 is 9.47 Å². The largest absolute Gasteiger partial charge is 0.497 e. The first-order valence-electron chi connectivity index (χ1n) is 10.1. The van der Waals surface area contributed by atoms with Crippen molar-refractivity contribution in [3.05, 3.63) is 66.7 Å². The second kappa shape index (κ2) is 9.21. The van der Waals surface area contributed by atoms with Crippen LogP contribution in [0.25, 0.3) is 11.4 Å². The monoisotopic (exact) mass is 476 g/mol. The van der Waals surface area contributed by atoms with E-state index in [1.54, 1.807) is 36.9 Å². The summed E-state index contributed by atoms with van der Waals surface area (Å²) in [6, 6.07) is 21.4. The second-order valence-corrected chi connectivity index (χ2v) is 9.15. The molecule has 0 spiro atoms. The second-order valence-electron chi connectivity index (χ2n) is 7.12. The third-order valence-electron chi connectivity index (χ3n) is 5.10. The predicted octanol–water partition coefficient (Wildman–Crippen LogP) is 5.41. The summed E-state index contributed by atoms with van der Waals surface area (Å²) in [5, 5.41) is 7.71. The van der Waals surface area contributed by atoms with Crippen molar-refractivity contribution in [1.82, 2.24) is 15.2 Å². The van der Waals surface area contributed by atoms with E-state index >= 15 is 0 Å². The molecule has 1 aliphatic rings. The first-order valence-corrected chi connectivity index (χ1v) is 11.9. The van der Waals surface area contributed by atoms with E-state index < -0.39 is 0 Å². The average Bonchev–Trinajstić information content (AvgIpc) is 3.34. The van der Waals surface area contributed by atoms with Gasteiger partial charge in [0.1, 0.15) is 11.5 Å². The van der Waals surface area contributed by atoms with E-state index in [1.165, 1.54) is 11.8 Å². The molecule has 0 aliphatic carbocycles. The van der Waals surface area contributed by atoms with E-state index in [1.807, 2.05) is 60.7 Å². The molecule has 1 aromatic heterocycles. The SMILES string of the molecule is COc1cc(OC)cc(-c2nc(SCC(=O)N3c4ccccc4Sc4ccccc43)n[nH]2)c1. The molecule has 5 rings (SSSR count). The lowest BCUT2D eigenvalue weighted by molar-refractivity contribution is -0.115. The summed E-state index contributed by atoms with van der Waals surface area (Å²) in [5.74, 6) is 2.06. The molecule has 3 aromatic carbocycles. The van der Waals surface area contributed by atoms with E-state index in [4.69, 9.17) is 9.47 Å². The molecule has 0 radical (unpaired) electrons. The number of para-hydroxylation sites is 2. The highest BCUT2D eigenvalue weighted by Crippen LogP contribution is 2.48. The smallest absolute Gasteiger partial charge is 0.242 e. The standard InChI is InChI=1S/C24H20N4O3S2/c1-30-16-11-15(12-17(13-16)31-2)23-25-24(27-26-23)32-14-22(29)28-18-7-3-5-9-20(18)33-21-10-6-4-8-19(21)28/h3-13H,14H2,1-2H3,(H,25,26,27). The van der Waals surface area contributed by atoms with Crippen LogP contribution in [0.4, 0.5) is 11.4 Å². The van der Waals surface area contributed by atoms with Crippen LogP contribution >= 0.6 is 23.5 Å². The summed E-state index contributed by atoms with van der Waals surface area (Å²) in [7, 11) is 3.20. The number of benzene rings is 3. The predicted molar refractivity (Wildman–Crippen MR) is 130 cm³/mol. The molecule has 0 saturated carbocycles. The molecule has 1 amide bonds. The van der Waals surface area contributed by atoms with E-state index in [9.17, 15) is 4.79 Å². The molecule has 7 nitrogen and oxygen atoms in total. The molecule has 33 heavy (non-hydrogen) atoms. The van der Waals surface area contributed by atoms with Gasteiger partial charge in [-0.3, -0.25) is 14.8 Å². The van der Waals surface area contributed by atoms with E-state index in [2.05, 4.69) is 15.2 Å². The fourth-order valence-corrected chi connectivity index (χ4v) is 5.25. The molecule has 1 aliphatic heterocycles. The lowest BCUT2D eigenvalue weighted by Crippen LogP contribution is -2.30. The Hall–Kier alpha value is -3.43. The van der Waals surface area contributed by atoms with Crippen molar-refractivity contribution >= 4 is 40.8 Å². The van der Waals surface area contributed by atoms with Gasteiger partial charge in [-0.25, -0.2) is 4.98 Å². The Bertz CT molecular complexity index is 1260. The van der Waals surface area contributed by atoms with Crippen molar-refractivity contribution in [2.45, 2.75) is 14.9 Å². The Labute approximate surface area is 199 Å². The van der Waals surface area contributed by atoms with Crippen molar-refractivity contribution in [2.75, 3.05) is 24.9 Å². The number of aromatic amines is 1. The maximum Gasteiger partial charge on any atom is 0.242 e. The summed E-state index contributed by atoms with van der Waals surface area (Å²) in [6.45, 7) is 0. The van der Waals surface area contributed by atoms with Gasteiger partial charge in [-0.15, -0.1) is 5.10 Å². The number of hydrogen-bond acceptors (Lipinski definition) is 7. The normalized spacial score (nSPS) is 12.1. The van der Waals surface area contributed by atoms with Crippen molar-refractivity contribution in [3.8, 4) is 22.9 Å². The number of carbonyl (C=O) groups is 1. The summed E-state index contributed by atoms with van der Waals surface area (Å²) in [5.41, 5.74) is 2.57. The van der Waals surface area contributed by atoms with Crippen molar-refractivity contribution in [1.29, 1.82) is 0 Å². The summed E-state index contributed by atoms with van der Waals surface area (Å²) >= 11 is 2.97. The summed E-state index contributed by atoms with van der Waals surface area (Å²) in [6.07, 6.45) is 0. The Morgan fingerprint density at radius 2 is 1.58 bits per heavy atom. The zero-order valence-corrected chi connectivity index (χ0v) is 19.6. The minimum Gasteiger partial charge on any atom is -0.497 e. The van der Waals surface area contributed by atoms with Crippen LogP contribution in [0.3, 0.4) is 0 Å². The molecule has 1 N–H and O–H groups in total. The van der Waals surface area contributed by atoms with Gasteiger partial charge in [-0.05, 0) is 36.4 Å². The lowest BCUT2D eigenvalue weighted by atomic mass is 10.2. The van der Waals surface area contributed by atoms with Crippen LogP contribution in [-0.4, -0.2) is 41.1 Å². The first-order chi connectivity index (χ1) is 16.2. The van der Waals surface area contributed by atoms with Crippen molar-refractivity contribution in [3.63, 3.8) is 0 Å². The Kier molecular flexibility index (Phi) is 5.97. The maximum atomic E-state index is 13.3. The van der Waals surface area contributed by atoms with Gasteiger partial charge >= 0.3 is 0 Å². The van der Waals surface area contributed by atoms with Gasteiger partial charge in [0.05, 0.1) is 31.3 Å². The number of rotatable bonds is 6. The van der Waals surface area contributed by atoms with Crippen LogP contribution in [0.1, 0.15) is 0 Å². The van der Waals surface area contributed by atoms with Crippen LogP contribution in [-0.2, 0) is 4.79 Å². The third kappa shape index (κ3) is 4.29. The number of methoxy groups -OCH3 is 2. The highest BCUT2D eigenvalue weighted by atomic mass is 32.2. The number of hydrogen-bond donors (Lipinski definition) is 1. The zero-order chi connectivity index (χ0) is 22.8. The molecule has 9 heteroatoms. The topological polar surface area (TPSA) is 80.3 Å². The van der Waals surface area contributed by atoms with Gasteiger partial charge in [0.15, 0.2) is 5.82 Å². The molecule has 0 unspecified atom stereocenters. The van der Waals surface area contributed by atoms with Crippen LogP contribution < -0.4 is 14.4 Å². The molecule has 2 heterocycles. The van der Waals surface area contributed by atoms with E-state index in [0.29, 0.717) is 22.5 Å². The Morgan fingerprint density at radius 3 is 2.18 bits per heavy atom. The number of H-pyrrole nitrogens is 1. The molecule has 4 aromatic rings. The molecule has 0 bridgehead atoms. The molecule has 0 saturated heterocycles. The lowest BCUT2D eigenvalue weighted by Gasteiger charge is -2.30. The molecular weight excluding hydrogens is 456 g/mol. The minimum atomic E-state index is -0.0328. The quantitative estimate of drug-likeness (QED) is 0.373. The number of carbonyl (C=O) groups excluding carboxylic acids is 1. The number of aromatic nitrogens is 3. The van der Waals surface area contributed by atoms with Gasteiger partial charge in [0, 0.05) is 21.4 Å². The van der Waals surface area contributed by atoms with E-state index in [0.717, 1.165) is 26.7 Å². The number of amides is 1. The fourth-order valence-electron chi connectivity index (χ4n) is 3.55. The van der Waals surface area contributed by atoms with Crippen LogP contribution in [0, 0.1) is 0 Å². The van der Waals surface area contributed by atoms with Crippen LogP contribution in [0.2, 0.25) is 0 Å². The number of anilines is 2. The zero-order valence-electron chi connectivity index (χ0n) is 17.9. The highest BCUT2D eigenvalue weighted by molar-refractivity contribution is 8.00. The van der Waals surface area contributed by atoms with Crippen molar-refractivity contribution < 1.29 is 14.3 Å². The van der Waals surface area contributed by atoms with Crippen LogP contribution in [0.5, 0.6) is 11.5 Å². The molecule has 166 valence electrons. The summed E-state index contributed by atoms with van der Waals surface area (Å²) in [4.78, 5) is 21.8. The Balaban J connectivity index is 1.36. The number of ether oxygens (including phenoxy) is 2. The number of nitrogens with zero attached hydrogens (tertiary/aromatic N) is 3. The minimum absolute atomic E-state index is 0.0328. The molecule has 0 atom stereocenters. The van der Waals surface area contributed by atoms with Gasteiger partial charge in [0.25, 0.3) is 0 Å². The highest BCUT2D eigenvalue weighted by Gasteiger charge is 2.28. The third-order valence-corrected chi connectivity index (χ3v) is 7.06. The number of thioether (sulfide) groups is 1.